The first-order valence-corrected chi connectivity index (χ1v) is 7.80. The molecular formula is C17H25NO. The summed E-state index contributed by atoms with van der Waals surface area (Å²) in [6.45, 7) is 3.41. The number of aromatic hydroxyl groups is 1. The highest BCUT2D eigenvalue weighted by atomic mass is 16.3. The maximum absolute atomic E-state index is 9.37. The molecule has 19 heavy (non-hydrogen) atoms. The van der Waals surface area contributed by atoms with Crippen molar-refractivity contribution >= 4 is 0 Å². The fraction of sp³-hybridized carbons (Fsp3) is 0.647. The maximum Gasteiger partial charge on any atom is 0.115 e. The molecule has 1 aromatic rings. The van der Waals surface area contributed by atoms with E-state index >= 15 is 0 Å². The zero-order valence-corrected chi connectivity index (χ0v) is 11.8. The van der Waals surface area contributed by atoms with Gasteiger partial charge in [-0.3, -0.25) is 0 Å². The average Bonchev–Trinajstić information content (AvgIpc) is 3.28. The summed E-state index contributed by atoms with van der Waals surface area (Å²) in [7, 11) is 0. The van der Waals surface area contributed by atoms with Crippen LogP contribution >= 0.6 is 0 Å². The van der Waals surface area contributed by atoms with Gasteiger partial charge in [-0.05, 0) is 74.1 Å². The van der Waals surface area contributed by atoms with E-state index < -0.39 is 0 Å². The van der Waals surface area contributed by atoms with E-state index in [1.807, 2.05) is 12.1 Å². The Morgan fingerprint density at radius 2 is 1.68 bits per heavy atom. The van der Waals surface area contributed by atoms with Crippen LogP contribution in [0.5, 0.6) is 5.75 Å². The molecule has 2 heteroatoms. The Bertz CT molecular complexity index is 394. The van der Waals surface area contributed by atoms with E-state index in [1.54, 1.807) is 12.1 Å². The van der Waals surface area contributed by atoms with Crippen molar-refractivity contribution in [1.82, 2.24) is 5.32 Å². The van der Waals surface area contributed by atoms with Crippen molar-refractivity contribution in [3.63, 3.8) is 0 Å². The van der Waals surface area contributed by atoms with Gasteiger partial charge < -0.3 is 10.4 Å². The molecule has 2 nitrogen and oxygen atoms in total. The van der Waals surface area contributed by atoms with E-state index in [-0.39, 0.29) is 0 Å². The summed E-state index contributed by atoms with van der Waals surface area (Å²) in [6.07, 6.45) is 6.93. The minimum atomic E-state index is 0.354. The third-order valence-electron chi connectivity index (χ3n) is 4.76. The molecule has 3 rings (SSSR count). The molecule has 0 bridgehead atoms. The Balaban J connectivity index is 1.58. The first-order valence-electron chi connectivity index (χ1n) is 7.80. The van der Waals surface area contributed by atoms with Gasteiger partial charge in [-0.25, -0.2) is 0 Å². The Hall–Kier alpha value is -1.02. The van der Waals surface area contributed by atoms with Gasteiger partial charge >= 0.3 is 0 Å². The number of benzene rings is 1. The van der Waals surface area contributed by atoms with Crippen LogP contribution < -0.4 is 5.32 Å². The van der Waals surface area contributed by atoms with Crippen molar-refractivity contribution in [2.24, 2.45) is 17.8 Å². The third-order valence-corrected chi connectivity index (χ3v) is 4.76. The Morgan fingerprint density at radius 3 is 2.16 bits per heavy atom. The van der Waals surface area contributed by atoms with Crippen molar-refractivity contribution in [2.75, 3.05) is 6.54 Å². The molecule has 1 unspecified atom stereocenters. The Kier molecular flexibility index (Phi) is 3.79. The molecule has 104 valence electrons. The lowest BCUT2D eigenvalue weighted by Crippen LogP contribution is -2.29. The van der Waals surface area contributed by atoms with Crippen LogP contribution in [0.2, 0.25) is 0 Å². The number of nitrogens with one attached hydrogen (secondary N) is 1. The predicted molar refractivity (Wildman–Crippen MR) is 78.1 cm³/mol. The van der Waals surface area contributed by atoms with E-state index in [0.29, 0.717) is 11.8 Å². The lowest BCUT2D eigenvalue weighted by atomic mass is 9.96. The molecule has 2 saturated carbocycles. The standard InChI is InChI=1S/C17H25NO/c1-2-17(14-7-9-15(19)10-8-14)18-11-16(12-3-4-12)13-5-6-13/h7-10,12-13,16-19H,2-6,11H2,1H3. The number of phenolic OH excluding ortho intramolecular Hbond substituents is 1. The van der Waals surface area contributed by atoms with E-state index in [0.717, 1.165) is 24.2 Å². The van der Waals surface area contributed by atoms with Gasteiger partial charge in [-0.2, -0.15) is 0 Å². The maximum atomic E-state index is 9.37. The molecule has 1 atom stereocenters. The predicted octanol–water partition coefficient (Wildman–Crippen LogP) is 3.87. The Labute approximate surface area is 116 Å². The average molecular weight is 259 g/mol. The fourth-order valence-electron chi connectivity index (χ4n) is 3.25. The largest absolute Gasteiger partial charge is 0.508 e. The normalized spacial score (nSPS) is 20.7. The molecule has 0 amide bonds. The zero-order chi connectivity index (χ0) is 13.2. The smallest absolute Gasteiger partial charge is 0.115 e. The SMILES string of the molecule is CCC(NCC(C1CC1)C1CC1)c1ccc(O)cc1. The summed E-state index contributed by atoms with van der Waals surface area (Å²) in [5.74, 6) is 3.30. The molecule has 0 radical (unpaired) electrons. The first kappa shape index (κ1) is 13.0. The van der Waals surface area contributed by atoms with Gasteiger partial charge in [0.2, 0.25) is 0 Å². The van der Waals surface area contributed by atoms with Crippen molar-refractivity contribution in [3.05, 3.63) is 29.8 Å². The van der Waals surface area contributed by atoms with Crippen LogP contribution in [0.15, 0.2) is 24.3 Å². The van der Waals surface area contributed by atoms with Crippen LogP contribution in [0.25, 0.3) is 0 Å². The van der Waals surface area contributed by atoms with Crippen LogP contribution in [-0.4, -0.2) is 11.7 Å². The van der Waals surface area contributed by atoms with Gasteiger partial charge in [-0.15, -0.1) is 0 Å². The molecule has 0 aliphatic heterocycles. The first-order chi connectivity index (χ1) is 9.28. The second kappa shape index (κ2) is 5.54. The summed E-state index contributed by atoms with van der Waals surface area (Å²) >= 11 is 0. The zero-order valence-electron chi connectivity index (χ0n) is 11.8. The molecule has 2 aliphatic carbocycles. The number of hydrogen-bond donors (Lipinski definition) is 2. The van der Waals surface area contributed by atoms with Crippen molar-refractivity contribution in [1.29, 1.82) is 0 Å². The van der Waals surface area contributed by atoms with Gasteiger partial charge in [-0.1, -0.05) is 19.1 Å². The van der Waals surface area contributed by atoms with Gasteiger partial charge in [0.15, 0.2) is 0 Å². The highest BCUT2D eigenvalue weighted by Gasteiger charge is 2.41. The van der Waals surface area contributed by atoms with Gasteiger partial charge in [0.05, 0.1) is 0 Å². The molecular weight excluding hydrogens is 234 g/mol. The highest BCUT2D eigenvalue weighted by molar-refractivity contribution is 5.28. The number of hydrogen-bond acceptors (Lipinski definition) is 2. The molecule has 0 heterocycles. The highest BCUT2D eigenvalue weighted by Crippen LogP contribution is 2.49. The second-order valence-electron chi connectivity index (χ2n) is 6.30. The lowest BCUT2D eigenvalue weighted by Gasteiger charge is -2.22. The minimum absolute atomic E-state index is 0.354. The number of phenols is 1. The topological polar surface area (TPSA) is 32.3 Å². The van der Waals surface area contributed by atoms with Crippen LogP contribution in [0, 0.1) is 17.8 Å². The van der Waals surface area contributed by atoms with E-state index in [4.69, 9.17) is 0 Å². The van der Waals surface area contributed by atoms with Crippen LogP contribution in [0.4, 0.5) is 0 Å². The summed E-state index contributed by atoms with van der Waals surface area (Å²) in [5, 5.41) is 13.1. The third kappa shape index (κ3) is 3.30. The molecule has 1 aromatic carbocycles. The van der Waals surface area contributed by atoms with Crippen molar-refractivity contribution in [3.8, 4) is 5.75 Å². The molecule has 0 saturated heterocycles. The van der Waals surface area contributed by atoms with Crippen LogP contribution in [0.3, 0.4) is 0 Å². The fourth-order valence-corrected chi connectivity index (χ4v) is 3.25. The van der Waals surface area contributed by atoms with Crippen LogP contribution in [-0.2, 0) is 0 Å². The van der Waals surface area contributed by atoms with Crippen LogP contribution in [0.1, 0.15) is 50.6 Å². The molecule has 0 aromatic heterocycles. The van der Waals surface area contributed by atoms with Gasteiger partial charge in [0, 0.05) is 6.04 Å². The quantitative estimate of drug-likeness (QED) is 0.779. The number of rotatable bonds is 7. The lowest BCUT2D eigenvalue weighted by molar-refractivity contribution is 0.353. The summed E-state index contributed by atoms with van der Waals surface area (Å²) in [6, 6.07) is 8.10. The van der Waals surface area contributed by atoms with Crippen molar-refractivity contribution < 1.29 is 5.11 Å². The summed E-state index contributed by atoms with van der Waals surface area (Å²) < 4.78 is 0. The van der Waals surface area contributed by atoms with E-state index in [9.17, 15) is 5.11 Å². The van der Waals surface area contributed by atoms with E-state index in [1.165, 1.54) is 37.8 Å². The summed E-state index contributed by atoms with van der Waals surface area (Å²) in [4.78, 5) is 0. The second-order valence-corrected chi connectivity index (χ2v) is 6.30. The monoisotopic (exact) mass is 259 g/mol. The minimum Gasteiger partial charge on any atom is -0.508 e. The molecule has 2 aliphatic rings. The Morgan fingerprint density at radius 1 is 1.11 bits per heavy atom. The molecule has 2 fully saturated rings. The van der Waals surface area contributed by atoms with Crippen molar-refractivity contribution in [2.45, 2.75) is 45.1 Å². The molecule has 2 N–H and O–H groups in total. The van der Waals surface area contributed by atoms with Gasteiger partial charge in [0.25, 0.3) is 0 Å². The van der Waals surface area contributed by atoms with Gasteiger partial charge in [0.1, 0.15) is 5.75 Å². The van der Waals surface area contributed by atoms with E-state index in [2.05, 4.69) is 12.2 Å². The summed E-state index contributed by atoms with van der Waals surface area (Å²) in [5.41, 5.74) is 1.30. The molecule has 0 spiro atoms.